The third-order valence-corrected chi connectivity index (χ3v) is 10.8. The van der Waals surface area contributed by atoms with Gasteiger partial charge in [-0.05, 0) is 0 Å². The van der Waals surface area contributed by atoms with E-state index in [2.05, 4.69) is 0 Å². The number of rotatable bonds is 4. The molecular weight excluding hydrogens is 528 g/mol. The molecule has 4 nitrogen and oxygen atoms in total. The van der Waals surface area contributed by atoms with Gasteiger partial charge in [0, 0.05) is 0 Å². The van der Waals surface area contributed by atoms with Gasteiger partial charge in [0.15, 0.2) is 0 Å². The van der Waals surface area contributed by atoms with Gasteiger partial charge in [0.05, 0.1) is 0 Å². The van der Waals surface area contributed by atoms with E-state index in [9.17, 15) is 39.5 Å². The molecule has 0 unspecified atom stereocenters. The van der Waals surface area contributed by atoms with E-state index in [-0.39, 0.29) is 6.54 Å². The van der Waals surface area contributed by atoms with Gasteiger partial charge in [-0.25, -0.2) is 0 Å². The average Bonchev–Trinajstić information content (AvgIpc) is 3.15. The molecule has 2 aromatic carbocycles. The zero-order chi connectivity index (χ0) is 27.0. The Morgan fingerprint density at radius 1 is 0.750 bits per heavy atom. The van der Waals surface area contributed by atoms with Crippen LogP contribution >= 0.6 is 7.28 Å². The molecule has 0 aliphatic carbocycles. The first-order valence-corrected chi connectivity index (χ1v) is 12.5. The molecule has 14 heteroatoms. The van der Waals surface area contributed by atoms with E-state index in [1.54, 1.807) is 0 Å². The number of alkyl halides is 9. The van der Waals surface area contributed by atoms with E-state index in [1.807, 2.05) is 0 Å². The minimum absolute atomic E-state index is 0.0667. The van der Waals surface area contributed by atoms with Crippen molar-refractivity contribution in [2.24, 2.45) is 0 Å². The summed E-state index contributed by atoms with van der Waals surface area (Å²) in [7, 11) is -3.17. The Hall–Kier alpha value is -1.92. The molecule has 0 bridgehead atoms. The molecule has 4 rings (SSSR count). The Bertz CT molecular complexity index is 1170. The van der Waals surface area contributed by atoms with Crippen LogP contribution in [0.5, 0.6) is 0 Å². The Balaban J connectivity index is 2.18. The van der Waals surface area contributed by atoms with Crippen molar-refractivity contribution in [1.29, 1.82) is 0 Å². The summed E-state index contributed by atoms with van der Waals surface area (Å²) in [4.78, 5) is 1.49. The second-order valence-electron chi connectivity index (χ2n) is 8.94. The van der Waals surface area contributed by atoms with Gasteiger partial charge in [0.2, 0.25) is 0 Å². The summed E-state index contributed by atoms with van der Waals surface area (Å²) in [5, 5.41) is -1.48. The summed E-state index contributed by atoms with van der Waals surface area (Å²) in [5.41, 5.74) is -10.4. The number of fused-ring (bicyclic) bond motifs is 4. The van der Waals surface area contributed by atoms with Crippen molar-refractivity contribution in [3.05, 3.63) is 59.7 Å². The van der Waals surface area contributed by atoms with E-state index in [1.165, 1.54) is 31.1 Å². The predicted octanol–water partition coefficient (Wildman–Crippen LogP) is 5.67. The number of halogens is 9. The average molecular weight is 549 g/mol. The molecule has 36 heavy (non-hydrogen) atoms. The molecule has 2 aliphatic rings. The molecular formula is C22H21F9NO3P. The monoisotopic (exact) mass is 549 g/mol. The van der Waals surface area contributed by atoms with Gasteiger partial charge in [-0.2, -0.15) is 0 Å². The second-order valence-corrected chi connectivity index (χ2v) is 12.3. The number of hydrogen-bond donors (Lipinski definition) is 0. The number of benzene rings is 2. The first-order valence-electron chi connectivity index (χ1n) is 10.5. The molecule has 0 saturated carbocycles. The van der Waals surface area contributed by atoms with Gasteiger partial charge in [0.25, 0.3) is 0 Å². The maximum atomic E-state index is 14.5. The predicted molar refractivity (Wildman–Crippen MR) is 113 cm³/mol. The van der Waals surface area contributed by atoms with Crippen LogP contribution in [0.15, 0.2) is 48.5 Å². The van der Waals surface area contributed by atoms with Gasteiger partial charge in [-0.15, -0.1) is 0 Å². The van der Waals surface area contributed by atoms with Gasteiger partial charge in [-0.1, -0.05) is 0 Å². The number of nitrogens with zero attached hydrogens (tertiary/aromatic N) is 1. The third-order valence-electron chi connectivity index (χ3n) is 6.39. The van der Waals surface area contributed by atoms with Crippen LogP contribution < -0.4 is 10.6 Å². The van der Waals surface area contributed by atoms with E-state index in [0.29, 0.717) is 13.0 Å². The fourth-order valence-corrected chi connectivity index (χ4v) is 9.89. The molecule has 0 N–H and O–H groups in total. The Morgan fingerprint density at radius 2 is 1.22 bits per heavy atom. The molecule has 2 aromatic rings. The Morgan fingerprint density at radius 3 is 1.69 bits per heavy atom. The molecule has 0 amide bonds. The molecule has 2 heterocycles. The van der Waals surface area contributed by atoms with Crippen molar-refractivity contribution in [3.63, 3.8) is 0 Å². The SMILES string of the molecule is CN(C)CCOP12(OC(C(F)(F)F)(C(F)(F)F)c3ccccc31)O[C@](C)(C(F)(F)F)c1ccccc12. The fourth-order valence-electron chi connectivity index (χ4n) is 4.70. The van der Waals surface area contributed by atoms with Crippen LogP contribution in [0, 0.1) is 0 Å². The van der Waals surface area contributed by atoms with Crippen molar-refractivity contribution < 1.29 is 53.1 Å². The normalized spacial score (nSPS) is 25.4. The van der Waals surface area contributed by atoms with E-state index in [0.717, 1.165) is 30.3 Å². The van der Waals surface area contributed by atoms with Crippen LogP contribution in [0.25, 0.3) is 0 Å². The molecule has 0 fully saturated rings. The van der Waals surface area contributed by atoms with Crippen molar-refractivity contribution in [3.8, 4) is 0 Å². The standard InChI is InChI=1S/C22H21F9NO3P/c1-18(20(23,24)25)14-8-4-6-10-16(14)36(34-18,33-13-12-32(2)3)17-11-7-5-9-15(17)19(35-36,21(26,27)28)22(29,30)31/h4-11H,12-13H2,1-3H3/t18-/m0/s1. The second kappa shape index (κ2) is 7.80. The summed E-state index contributed by atoms with van der Waals surface area (Å²) >= 11 is 0. The first kappa shape index (κ1) is 27.1. The summed E-state index contributed by atoms with van der Waals surface area (Å²) in [6.07, 6.45) is -17.5. The van der Waals surface area contributed by atoms with E-state index < -0.39 is 65.4 Å². The van der Waals surface area contributed by atoms with Crippen molar-refractivity contribution in [1.82, 2.24) is 4.90 Å². The molecule has 1 atom stereocenters. The Kier molecular flexibility index (Phi) is 5.87. The van der Waals surface area contributed by atoms with Crippen LogP contribution in [0.3, 0.4) is 0 Å². The maximum absolute atomic E-state index is 14.5. The Labute approximate surface area is 200 Å². The van der Waals surface area contributed by atoms with Gasteiger partial charge < -0.3 is 0 Å². The molecule has 200 valence electrons. The quantitative estimate of drug-likeness (QED) is 0.364. The number of likely N-dealkylation sites (N-methyl/N-ethyl adjacent to an activating group) is 1. The summed E-state index contributed by atoms with van der Waals surface area (Å²) in [6.45, 7) is -0.119. The van der Waals surface area contributed by atoms with Crippen molar-refractivity contribution in [2.75, 3.05) is 27.2 Å². The molecule has 2 aliphatic heterocycles. The third kappa shape index (κ3) is 3.29. The zero-order valence-corrected chi connectivity index (χ0v) is 19.9. The van der Waals surface area contributed by atoms with Crippen LogP contribution in [-0.4, -0.2) is 50.7 Å². The fraction of sp³-hybridized carbons (Fsp3) is 0.455. The van der Waals surface area contributed by atoms with Crippen LogP contribution in [0.1, 0.15) is 18.1 Å². The van der Waals surface area contributed by atoms with Crippen LogP contribution in [0.4, 0.5) is 39.5 Å². The van der Waals surface area contributed by atoms with Gasteiger partial charge in [0.1, 0.15) is 0 Å². The van der Waals surface area contributed by atoms with Gasteiger partial charge in [-0.3, -0.25) is 0 Å². The molecule has 0 aromatic heterocycles. The van der Waals surface area contributed by atoms with Crippen LogP contribution in [0.2, 0.25) is 0 Å². The molecule has 0 saturated heterocycles. The molecule has 1 spiro atoms. The van der Waals surface area contributed by atoms with Crippen molar-refractivity contribution in [2.45, 2.75) is 36.7 Å². The first-order chi connectivity index (χ1) is 16.4. The van der Waals surface area contributed by atoms with E-state index in [4.69, 9.17) is 13.6 Å². The topological polar surface area (TPSA) is 30.9 Å². The zero-order valence-electron chi connectivity index (χ0n) is 19.1. The van der Waals surface area contributed by atoms with E-state index >= 15 is 0 Å². The minimum atomic E-state index is -6.24. The summed E-state index contributed by atoms with van der Waals surface area (Å²) < 4.78 is 147. The van der Waals surface area contributed by atoms with Gasteiger partial charge >= 0.3 is 199 Å². The van der Waals surface area contributed by atoms with Crippen LogP contribution in [-0.2, 0) is 24.8 Å². The van der Waals surface area contributed by atoms with Crippen molar-refractivity contribution >= 4 is 17.9 Å². The summed E-state index contributed by atoms with van der Waals surface area (Å²) in [6, 6.07) is 7.66. The summed E-state index contributed by atoms with van der Waals surface area (Å²) in [5.74, 6) is 0. The molecule has 0 radical (unpaired) electrons. The number of hydrogen-bond acceptors (Lipinski definition) is 4.